The van der Waals surface area contributed by atoms with E-state index in [1.165, 1.54) is 49.0 Å². The molecule has 1 aromatic heterocycles. The van der Waals surface area contributed by atoms with Gasteiger partial charge in [0.25, 0.3) is 15.9 Å². The highest BCUT2D eigenvalue weighted by Gasteiger charge is 2.25. The van der Waals surface area contributed by atoms with Crippen LogP contribution in [0.1, 0.15) is 9.67 Å². The highest BCUT2D eigenvalue weighted by Crippen LogP contribution is 2.34. The number of fused-ring (bicyclic) bond motifs is 1. The van der Waals surface area contributed by atoms with Gasteiger partial charge in [0.05, 0.1) is 29.7 Å². The molecule has 1 aliphatic rings. The number of benzene rings is 2. The van der Waals surface area contributed by atoms with E-state index in [1.807, 2.05) is 17.0 Å². The van der Waals surface area contributed by atoms with E-state index in [4.69, 9.17) is 9.47 Å². The van der Waals surface area contributed by atoms with E-state index in [0.717, 1.165) is 23.2 Å². The van der Waals surface area contributed by atoms with Crippen molar-refractivity contribution in [3.05, 3.63) is 47.3 Å². The molecule has 2 heterocycles. The van der Waals surface area contributed by atoms with E-state index in [-0.39, 0.29) is 10.8 Å². The molecule has 0 atom stereocenters. The van der Waals surface area contributed by atoms with Gasteiger partial charge in [0.2, 0.25) is 0 Å². The van der Waals surface area contributed by atoms with E-state index in [2.05, 4.69) is 11.9 Å². The Hall–Kier alpha value is -2.82. The van der Waals surface area contributed by atoms with Gasteiger partial charge in [-0.15, -0.1) is 11.3 Å². The lowest BCUT2D eigenvalue weighted by molar-refractivity contribution is 0.0669. The van der Waals surface area contributed by atoms with Crippen molar-refractivity contribution in [3.8, 4) is 11.5 Å². The Labute approximate surface area is 198 Å². The summed E-state index contributed by atoms with van der Waals surface area (Å²) in [6.07, 6.45) is 0. The normalized spacial score (nSPS) is 15.0. The number of methoxy groups -OCH3 is 2. The van der Waals surface area contributed by atoms with Crippen molar-refractivity contribution in [1.82, 2.24) is 9.80 Å². The Morgan fingerprint density at radius 1 is 0.970 bits per heavy atom. The van der Waals surface area contributed by atoms with Crippen LogP contribution in [0.25, 0.3) is 10.1 Å². The fraction of sp³-hybridized carbons (Fsp3) is 0.348. The number of likely N-dealkylation sites (N-methyl/N-ethyl adjacent to an activating group) is 1. The molecule has 33 heavy (non-hydrogen) atoms. The molecule has 1 saturated heterocycles. The number of amides is 1. The second-order valence-corrected chi connectivity index (χ2v) is 11.0. The quantitative estimate of drug-likeness (QED) is 0.529. The summed E-state index contributed by atoms with van der Waals surface area (Å²) in [6, 6.07) is 11.8. The predicted molar refractivity (Wildman–Crippen MR) is 130 cm³/mol. The van der Waals surface area contributed by atoms with Gasteiger partial charge in [0, 0.05) is 44.0 Å². The lowest BCUT2D eigenvalue weighted by Gasteiger charge is -2.32. The number of carbonyl (C=O) groups excluding carboxylic acids is 1. The van der Waals surface area contributed by atoms with Crippen molar-refractivity contribution in [2.45, 2.75) is 4.90 Å². The Morgan fingerprint density at radius 3 is 2.33 bits per heavy atom. The van der Waals surface area contributed by atoms with Crippen molar-refractivity contribution in [2.75, 3.05) is 58.8 Å². The van der Waals surface area contributed by atoms with E-state index in [0.29, 0.717) is 35.2 Å². The van der Waals surface area contributed by atoms with Crippen molar-refractivity contribution >= 4 is 43.0 Å². The molecule has 2 aromatic carbocycles. The summed E-state index contributed by atoms with van der Waals surface area (Å²) >= 11 is 1.43. The molecule has 176 valence electrons. The predicted octanol–water partition coefficient (Wildman–Crippen LogP) is 3.13. The number of hydrogen-bond acceptors (Lipinski definition) is 7. The summed E-state index contributed by atoms with van der Waals surface area (Å²) in [5.74, 6) is 0.820. The molecule has 1 amide bonds. The molecular formula is C23H27N3O5S2. The summed E-state index contributed by atoms with van der Waals surface area (Å²) in [5.41, 5.74) is 0.508. The number of carbonyl (C=O) groups is 1. The topological polar surface area (TPSA) is 79.4 Å². The Morgan fingerprint density at radius 2 is 1.67 bits per heavy atom. The molecule has 10 heteroatoms. The smallest absolute Gasteiger partial charge is 0.264 e. The first-order valence-electron chi connectivity index (χ1n) is 10.5. The maximum Gasteiger partial charge on any atom is 0.264 e. The number of piperazine rings is 1. The molecule has 0 radical (unpaired) electrons. The summed E-state index contributed by atoms with van der Waals surface area (Å²) in [4.78, 5) is 17.8. The van der Waals surface area contributed by atoms with Crippen LogP contribution in [0.2, 0.25) is 0 Å². The maximum atomic E-state index is 13.3. The number of anilines is 1. The highest BCUT2D eigenvalue weighted by atomic mass is 32.2. The first-order valence-corrected chi connectivity index (χ1v) is 12.7. The number of hydrogen-bond donors (Lipinski definition) is 0. The zero-order valence-electron chi connectivity index (χ0n) is 19.1. The Kier molecular flexibility index (Phi) is 6.51. The lowest BCUT2D eigenvalue weighted by atomic mass is 10.2. The fourth-order valence-corrected chi connectivity index (χ4v) is 5.99. The maximum absolute atomic E-state index is 13.3. The number of ether oxygens (including phenoxy) is 2. The van der Waals surface area contributed by atoms with Crippen LogP contribution in [0.5, 0.6) is 11.5 Å². The molecule has 8 nitrogen and oxygen atoms in total. The van der Waals surface area contributed by atoms with Crippen LogP contribution in [-0.2, 0) is 10.0 Å². The minimum atomic E-state index is -3.83. The third-order valence-corrected chi connectivity index (χ3v) is 8.76. The first kappa shape index (κ1) is 23.3. The van der Waals surface area contributed by atoms with Gasteiger partial charge in [0.1, 0.15) is 0 Å². The molecule has 1 fully saturated rings. The van der Waals surface area contributed by atoms with Crippen LogP contribution in [0, 0.1) is 0 Å². The Balaban J connectivity index is 1.61. The number of thiophene rings is 1. The van der Waals surface area contributed by atoms with Crippen LogP contribution < -0.4 is 13.8 Å². The largest absolute Gasteiger partial charge is 0.493 e. The fourth-order valence-electron chi connectivity index (χ4n) is 3.77. The minimum absolute atomic E-state index is 0.0251. The van der Waals surface area contributed by atoms with Crippen LogP contribution in [0.15, 0.2) is 47.4 Å². The summed E-state index contributed by atoms with van der Waals surface area (Å²) in [6.45, 7) is 3.14. The zero-order chi connectivity index (χ0) is 23.8. The number of nitrogens with zero attached hydrogens (tertiary/aromatic N) is 3. The van der Waals surface area contributed by atoms with Gasteiger partial charge in [-0.25, -0.2) is 8.42 Å². The van der Waals surface area contributed by atoms with E-state index >= 15 is 0 Å². The van der Waals surface area contributed by atoms with Crippen molar-refractivity contribution in [2.24, 2.45) is 0 Å². The third-order valence-electron chi connectivity index (χ3n) is 5.88. The zero-order valence-corrected chi connectivity index (χ0v) is 20.7. The van der Waals surface area contributed by atoms with Gasteiger partial charge in [-0.3, -0.25) is 9.10 Å². The third kappa shape index (κ3) is 4.50. The van der Waals surface area contributed by atoms with Crippen LogP contribution in [0.3, 0.4) is 0 Å². The number of rotatable bonds is 6. The summed E-state index contributed by atoms with van der Waals surface area (Å²) < 4.78 is 39.1. The average molecular weight is 490 g/mol. The van der Waals surface area contributed by atoms with Crippen molar-refractivity contribution in [1.29, 1.82) is 0 Å². The number of sulfonamides is 1. The van der Waals surface area contributed by atoms with E-state index < -0.39 is 10.0 Å². The van der Waals surface area contributed by atoms with Gasteiger partial charge in [-0.2, -0.15) is 0 Å². The molecule has 0 N–H and O–H groups in total. The SMILES string of the molecule is COc1ccc(S(=O)(=O)N(C)c2ccc3sc(C(=O)N4CCN(C)CC4)cc3c2)cc1OC. The molecule has 0 unspecified atom stereocenters. The average Bonchev–Trinajstić information content (AvgIpc) is 3.26. The first-order chi connectivity index (χ1) is 15.7. The molecule has 0 bridgehead atoms. The van der Waals surface area contributed by atoms with E-state index in [9.17, 15) is 13.2 Å². The second-order valence-electron chi connectivity index (χ2n) is 7.92. The molecule has 3 aromatic rings. The molecule has 0 spiro atoms. The minimum Gasteiger partial charge on any atom is -0.493 e. The molecule has 0 aliphatic carbocycles. The summed E-state index contributed by atoms with van der Waals surface area (Å²) in [7, 11) is 2.69. The van der Waals surface area contributed by atoms with Crippen LogP contribution in [-0.4, -0.2) is 78.6 Å². The lowest BCUT2D eigenvalue weighted by Crippen LogP contribution is -2.46. The highest BCUT2D eigenvalue weighted by molar-refractivity contribution is 7.92. The second kappa shape index (κ2) is 9.20. The van der Waals surface area contributed by atoms with Gasteiger partial charge >= 0.3 is 0 Å². The van der Waals surface area contributed by atoms with E-state index in [1.54, 1.807) is 18.2 Å². The van der Waals surface area contributed by atoms with Gasteiger partial charge in [0.15, 0.2) is 11.5 Å². The van der Waals surface area contributed by atoms with Gasteiger partial charge < -0.3 is 19.3 Å². The summed E-state index contributed by atoms with van der Waals surface area (Å²) in [5, 5.41) is 0.837. The van der Waals surface area contributed by atoms with Gasteiger partial charge in [-0.1, -0.05) is 0 Å². The van der Waals surface area contributed by atoms with Gasteiger partial charge in [-0.05, 0) is 48.8 Å². The molecule has 4 rings (SSSR count). The standard InChI is InChI=1S/C23H27N3O5S2/c1-24-9-11-26(12-10-24)23(27)22-14-16-13-17(5-8-21(16)32-22)25(2)33(28,29)18-6-7-19(30-3)20(15-18)31-4/h5-8,13-15H,9-12H2,1-4H3. The van der Waals surface area contributed by atoms with Crippen LogP contribution >= 0.6 is 11.3 Å². The molecule has 1 aliphatic heterocycles. The van der Waals surface area contributed by atoms with Crippen molar-refractivity contribution < 1.29 is 22.7 Å². The van der Waals surface area contributed by atoms with Crippen LogP contribution in [0.4, 0.5) is 5.69 Å². The Bertz CT molecular complexity index is 1280. The molecular weight excluding hydrogens is 462 g/mol. The monoisotopic (exact) mass is 489 g/mol. The van der Waals surface area contributed by atoms with Crippen molar-refractivity contribution in [3.63, 3.8) is 0 Å². The molecule has 0 saturated carbocycles.